The molecule has 0 unspecified atom stereocenters. The van der Waals surface area contributed by atoms with E-state index >= 15 is 0 Å². The molecule has 0 radical (unpaired) electrons. The number of fused-ring (bicyclic) bond motifs is 1. The first-order valence-corrected chi connectivity index (χ1v) is 6.15. The number of halogens is 1. The lowest BCUT2D eigenvalue weighted by Gasteiger charge is -1.98. The van der Waals surface area contributed by atoms with E-state index in [4.69, 9.17) is 11.6 Å². The highest BCUT2D eigenvalue weighted by Gasteiger charge is 2.14. The van der Waals surface area contributed by atoms with Crippen molar-refractivity contribution in [1.82, 2.24) is 9.38 Å². The fraction of sp³-hybridized carbons (Fsp3) is 0.0714. The van der Waals surface area contributed by atoms with Crippen LogP contribution in [0.25, 0.3) is 16.9 Å². The summed E-state index contributed by atoms with van der Waals surface area (Å²) in [6.07, 6.45) is 1.84. The molecule has 1 aromatic carbocycles. The van der Waals surface area contributed by atoms with E-state index in [-0.39, 0.29) is 0 Å². The van der Waals surface area contributed by atoms with Crippen LogP contribution in [-0.2, 0) is 0 Å². The Bertz CT molecular complexity index is 779. The molecule has 5 heteroatoms. The molecular formula is C14H10ClN3O. The van der Waals surface area contributed by atoms with E-state index < -0.39 is 0 Å². The molecule has 3 aromatic rings. The fourth-order valence-corrected chi connectivity index (χ4v) is 2.25. The number of hydrogen-bond acceptors (Lipinski definition) is 3. The fourth-order valence-electron chi connectivity index (χ4n) is 2.06. The minimum absolute atomic E-state index is 0.293. The van der Waals surface area contributed by atoms with E-state index in [2.05, 4.69) is 10.2 Å². The van der Waals surface area contributed by atoms with Gasteiger partial charge in [-0.1, -0.05) is 29.8 Å². The summed E-state index contributed by atoms with van der Waals surface area (Å²) in [5.41, 5.74) is 3.05. The number of pyridine rings is 1. The van der Waals surface area contributed by atoms with Gasteiger partial charge in [-0.25, -0.2) is 4.98 Å². The van der Waals surface area contributed by atoms with Crippen LogP contribution < -0.4 is 0 Å². The highest BCUT2D eigenvalue weighted by Crippen LogP contribution is 2.32. The number of nitrogens with zero attached hydrogens (tertiary/aromatic N) is 3. The first-order chi connectivity index (χ1) is 9.19. The van der Waals surface area contributed by atoms with Gasteiger partial charge >= 0.3 is 0 Å². The maximum atomic E-state index is 11.1. The van der Waals surface area contributed by atoms with Gasteiger partial charge < -0.3 is 0 Å². The van der Waals surface area contributed by atoms with Crippen LogP contribution in [0.3, 0.4) is 0 Å². The van der Waals surface area contributed by atoms with Crippen LogP contribution in [0.5, 0.6) is 0 Å². The SMILES string of the molecule is Cc1ccc2nc(-c3cccc(Cl)c3)c(N=O)n2c1. The van der Waals surface area contributed by atoms with Crippen LogP contribution >= 0.6 is 11.6 Å². The van der Waals surface area contributed by atoms with Crippen LogP contribution in [0, 0.1) is 11.8 Å². The Morgan fingerprint density at radius 3 is 2.84 bits per heavy atom. The Morgan fingerprint density at radius 2 is 2.11 bits per heavy atom. The molecule has 94 valence electrons. The van der Waals surface area contributed by atoms with Gasteiger partial charge in [-0.2, -0.15) is 0 Å². The monoisotopic (exact) mass is 271 g/mol. The van der Waals surface area contributed by atoms with E-state index in [1.54, 1.807) is 16.5 Å². The topological polar surface area (TPSA) is 46.7 Å². The molecule has 0 saturated heterocycles. The summed E-state index contributed by atoms with van der Waals surface area (Å²) < 4.78 is 1.69. The third kappa shape index (κ3) is 2.00. The number of rotatable bonds is 2. The summed E-state index contributed by atoms with van der Waals surface area (Å²) in [4.78, 5) is 15.6. The summed E-state index contributed by atoms with van der Waals surface area (Å²) in [5, 5.41) is 3.71. The quantitative estimate of drug-likeness (QED) is 0.650. The van der Waals surface area contributed by atoms with Crippen molar-refractivity contribution in [3.8, 4) is 11.3 Å². The molecule has 19 heavy (non-hydrogen) atoms. The number of aromatic nitrogens is 2. The molecule has 0 bridgehead atoms. The standard InChI is InChI=1S/C14H10ClN3O/c1-9-5-6-12-16-13(14(17-19)18(12)8-9)10-3-2-4-11(15)7-10/h2-8H,1H3. The molecule has 0 fully saturated rings. The van der Waals surface area contributed by atoms with Gasteiger partial charge in [0.05, 0.1) is 0 Å². The zero-order chi connectivity index (χ0) is 13.4. The van der Waals surface area contributed by atoms with Crippen LogP contribution in [0.4, 0.5) is 5.82 Å². The molecular weight excluding hydrogens is 262 g/mol. The molecule has 4 nitrogen and oxygen atoms in total. The predicted octanol–water partition coefficient (Wildman–Crippen LogP) is 4.36. The average Bonchev–Trinajstić information content (AvgIpc) is 2.76. The maximum Gasteiger partial charge on any atom is 0.209 e. The maximum absolute atomic E-state index is 11.1. The van der Waals surface area contributed by atoms with E-state index in [0.29, 0.717) is 22.2 Å². The molecule has 0 spiro atoms. The van der Waals surface area contributed by atoms with Crippen molar-refractivity contribution in [2.75, 3.05) is 0 Å². The number of benzene rings is 1. The smallest absolute Gasteiger partial charge is 0.209 e. The van der Waals surface area contributed by atoms with Crippen molar-refractivity contribution in [2.45, 2.75) is 6.92 Å². The van der Waals surface area contributed by atoms with Crippen LogP contribution in [0.2, 0.25) is 5.02 Å². The van der Waals surface area contributed by atoms with E-state index in [1.807, 2.05) is 37.4 Å². The second-order valence-electron chi connectivity index (χ2n) is 4.32. The number of nitroso groups, excluding NO2 is 1. The summed E-state index contributed by atoms with van der Waals surface area (Å²) in [7, 11) is 0. The first kappa shape index (κ1) is 11.9. The van der Waals surface area contributed by atoms with Crippen molar-refractivity contribution in [2.24, 2.45) is 5.18 Å². The molecule has 2 aromatic heterocycles. The molecule has 0 amide bonds. The lowest BCUT2D eigenvalue weighted by Crippen LogP contribution is -1.84. The van der Waals surface area contributed by atoms with Gasteiger partial charge in [-0.05, 0) is 35.9 Å². The molecule has 0 saturated carbocycles. The molecule has 0 N–H and O–H groups in total. The number of aryl methyl sites for hydroxylation is 1. The number of hydrogen-bond donors (Lipinski definition) is 0. The van der Waals surface area contributed by atoms with Crippen molar-refractivity contribution in [1.29, 1.82) is 0 Å². The summed E-state index contributed by atoms with van der Waals surface area (Å²) in [6, 6.07) is 11.0. The third-order valence-electron chi connectivity index (χ3n) is 2.93. The average molecular weight is 272 g/mol. The largest absolute Gasteiger partial charge is 0.281 e. The second-order valence-corrected chi connectivity index (χ2v) is 4.76. The van der Waals surface area contributed by atoms with Gasteiger partial charge in [0.15, 0.2) is 0 Å². The van der Waals surface area contributed by atoms with Gasteiger partial charge in [0.2, 0.25) is 5.82 Å². The Labute approximate surface area is 114 Å². The van der Waals surface area contributed by atoms with Gasteiger partial charge in [-0.15, -0.1) is 4.91 Å². The van der Waals surface area contributed by atoms with Crippen molar-refractivity contribution < 1.29 is 0 Å². The van der Waals surface area contributed by atoms with E-state index in [1.165, 1.54) is 0 Å². The Morgan fingerprint density at radius 1 is 1.26 bits per heavy atom. The molecule has 3 rings (SSSR count). The third-order valence-corrected chi connectivity index (χ3v) is 3.16. The van der Waals surface area contributed by atoms with Crippen LogP contribution in [0.15, 0.2) is 47.8 Å². The first-order valence-electron chi connectivity index (χ1n) is 5.77. The predicted molar refractivity (Wildman–Crippen MR) is 75.8 cm³/mol. The second kappa shape index (κ2) is 4.48. The lowest BCUT2D eigenvalue weighted by molar-refractivity contribution is 1.14. The number of imidazole rings is 1. The summed E-state index contributed by atoms with van der Waals surface area (Å²) in [5.74, 6) is 0.293. The van der Waals surface area contributed by atoms with Gasteiger partial charge in [0.1, 0.15) is 11.3 Å². The Balaban J connectivity index is 2.32. The van der Waals surface area contributed by atoms with Crippen molar-refractivity contribution in [3.63, 3.8) is 0 Å². The highest BCUT2D eigenvalue weighted by molar-refractivity contribution is 6.30. The molecule has 0 aliphatic heterocycles. The summed E-state index contributed by atoms with van der Waals surface area (Å²) in [6.45, 7) is 1.95. The lowest BCUT2D eigenvalue weighted by atomic mass is 10.1. The zero-order valence-corrected chi connectivity index (χ0v) is 10.9. The molecule has 0 atom stereocenters. The van der Waals surface area contributed by atoms with Gasteiger partial charge in [-0.3, -0.25) is 4.40 Å². The van der Waals surface area contributed by atoms with Gasteiger partial charge in [0.25, 0.3) is 0 Å². The minimum Gasteiger partial charge on any atom is -0.281 e. The van der Waals surface area contributed by atoms with Crippen LogP contribution in [0.1, 0.15) is 5.56 Å². The molecule has 2 heterocycles. The molecule has 0 aliphatic carbocycles. The van der Waals surface area contributed by atoms with E-state index in [9.17, 15) is 4.91 Å². The van der Waals surface area contributed by atoms with Crippen LogP contribution in [-0.4, -0.2) is 9.38 Å². The van der Waals surface area contributed by atoms with Gasteiger partial charge in [0, 0.05) is 16.8 Å². The highest BCUT2D eigenvalue weighted by atomic mass is 35.5. The van der Waals surface area contributed by atoms with Crippen molar-refractivity contribution in [3.05, 3.63) is 58.1 Å². The Hall–Kier alpha value is -2.20. The van der Waals surface area contributed by atoms with Crippen molar-refractivity contribution >= 4 is 23.1 Å². The summed E-state index contributed by atoms with van der Waals surface area (Å²) >= 11 is 5.97. The zero-order valence-electron chi connectivity index (χ0n) is 10.2. The minimum atomic E-state index is 0.293. The normalized spacial score (nSPS) is 10.8. The molecule has 0 aliphatic rings. The van der Waals surface area contributed by atoms with E-state index in [0.717, 1.165) is 11.1 Å². The Kier molecular flexibility index (Phi) is 2.80.